The zero-order valence-electron chi connectivity index (χ0n) is 18.8. The Bertz CT molecular complexity index is 1040. The van der Waals surface area contributed by atoms with Crippen LogP contribution >= 0.6 is 0 Å². The van der Waals surface area contributed by atoms with Crippen LogP contribution in [0.15, 0.2) is 40.5 Å². The monoisotopic (exact) mass is 480 g/mol. The Labute approximate surface area is 192 Å². The standard InChI is InChI=1S/C22H28N2O8S/c1-4-31-21(27)16-5-7-18(8-6-16)33(29,30)24-11-9-17(10-12-24)22(28)32-13-19(26)20(14(2)23)15(3)25/h5-8,17,23,26H,4,9-13H2,1-3H3/b20-19-,23-14?. The number of allylic oxidation sites excluding steroid dienone is 1. The molecule has 1 saturated heterocycles. The van der Waals surface area contributed by atoms with Crippen molar-refractivity contribution in [1.82, 2.24) is 4.31 Å². The lowest BCUT2D eigenvalue weighted by atomic mass is 9.98. The van der Waals surface area contributed by atoms with E-state index in [0.717, 1.165) is 0 Å². The smallest absolute Gasteiger partial charge is 0.338 e. The number of carbonyl (C=O) groups is 3. The van der Waals surface area contributed by atoms with Crippen molar-refractivity contribution in [3.63, 3.8) is 0 Å². The minimum absolute atomic E-state index is 0.0328. The maximum absolute atomic E-state index is 12.9. The highest BCUT2D eigenvalue weighted by molar-refractivity contribution is 7.89. The zero-order valence-corrected chi connectivity index (χ0v) is 19.6. The maximum atomic E-state index is 12.9. The number of rotatable bonds is 9. The Morgan fingerprint density at radius 3 is 2.15 bits per heavy atom. The molecule has 11 heteroatoms. The first kappa shape index (κ1) is 26.2. The summed E-state index contributed by atoms with van der Waals surface area (Å²) in [7, 11) is -3.80. The molecular formula is C22H28N2O8S. The number of sulfonamides is 1. The summed E-state index contributed by atoms with van der Waals surface area (Å²) in [5.74, 6) is -2.70. The number of piperidine rings is 1. The molecule has 0 unspecified atom stereocenters. The topological polar surface area (TPSA) is 151 Å². The zero-order chi connectivity index (χ0) is 24.8. The van der Waals surface area contributed by atoms with Gasteiger partial charge in [-0.3, -0.25) is 9.59 Å². The van der Waals surface area contributed by atoms with Crippen LogP contribution in [0.5, 0.6) is 0 Å². The summed E-state index contributed by atoms with van der Waals surface area (Å²) in [6, 6.07) is 5.46. The Morgan fingerprint density at radius 1 is 1.09 bits per heavy atom. The van der Waals surface area contributed by atoms with Gasteiger partial charge < -0.3 is 20.0 Å². The molecule has 33 heavy (non-hydrogen) atoms. The third kappa shape index (κ3) is 6.48. The molecule has 0 aromatic heterocycles. The quantitative estimate of drug-likeness (QED) is 0.236. The van der Waals surface area contributed by atoms with E-state index in [1.165, 1.54) is 42.4 Å². The number of esters is 2. The van der Waals surface area contributed by atoms with Crippen LogP contribution < -0.4 is 0 Å². The molecule has 1 fully saturated rings. The van der Waals surface area contributed by atoms with Gasteiger partial charge in [0.15, 0.2) is 5.78 Å². The summed E-state index contributed by atoms with van der Waals surface area (Å²) in [6.07, 6.45) is 0.458. The van der Waals surface area contributed by atoms with Crippen LogP contribution in [0.2, 0.25) is 0 Å². The van der Waals surface area contributed by atoms with E-state index in [9.17, 15) is 27.9 Å². The lowest BCUT2D eigenvalue weighted by Gasteiger charge is -2.30. The van der Waals surface area contributed by atoms with E-state index in [2.05, 4.69) is 0 Å². The van der Waals surface area contributed by atoms with Crippen LogP contribution in [0.25, 0.3) is 0 Å². The first-order valence-electron chi connectivity index (χ1n) is 10.4. The van der Waals surface area contributed by atoms with E-state index in [1.807, 2.05) is 0 Å². The van der Waals surface area contributed by atoms with Crippen LogP contribution in [-0.4, -0.2) is 67.6 Å². The number of ketones is 1. The second-order valence-corrected chi connectivity index (χ2v) is 9.47. The van der Waals surface area contributed by atoms with Gasteiger partial charge in [0.25, 0.3) is 0 Å². The highest BCUT2D eigenvalue weighted by Crippen LogP contribution is 2.25. The molecule has 0 aliphatic carbocycles. The number of benzene rings is 1. The van der Waals surface area contributed by atoms with Crippen molar-refractivity contribution in [2.24, 2.45) is 5.92 Å². The van der Waals surface area contributed by atoms with Crippen molar-refractivity contribution in [3.05, 3.63) is 41.2 Å². The van der Waals surface area contributed by atoms with Crippen molar-refractivity contribution in [3.8, 4) is 0 Å². The average molecular weight is 481 g/mol. The summed E-state index contributed by atoms with van der Waals surface area (Å²) in [4.78, 5) is 35.6. The van der Waals surface area contributed by atoms with Gasteiger partial charge in [0.1, 0.15) is 12.4 Å². The van der Waals surface area contributed by atoms with Crippen molar-refractivity contribution in [2.75, 3.05) is 26.3 Å². The van der Waals surface area contributed by atoms with Crippen molar-refractivity contribution in [2.45, 2.75) is 38.5 Å². The van der Waals surface area contributed by atoms with Gasteiger partial charge in [0.05, 0.1) is 28.6 Å². The molecular weight excluding hydrogens is 452 g/mol. The van der Waals surface area contributed by atoms with Crippen LogP contribution in [0.1, 0.15) is 44.0 Å². The first-order valence-corrected chi connectivity index (χ1v) is 11.9. The molecule has 2 N–H and O–H groups in total. The van der Waals surface area contributed by atoms with E-state index in [1.54, 1.807) is 6.92 Å². The Balaban J connectivity index is 1.97. The lowest BCUT2D eigenvalue weighted by Crippen LogP contribution is -2.40. The number of hydrogen-bond donors (Lipinski definition) is 2. The molecule has 0 atom stereocenters. The molecule has 1 aromatic rings. The highest BCUT2D eigenvalue weighted by Gasteiger charge is 2.33. The Morgan fingerprint density at radius 2 is 1.67 bits per heavy atom. The normalized spacial score (nSPS) is 16.0. The number of aliphatic hydroxyl groups is 1. The lowest BCUT2D eigenvalue weighted by molar-refractivity contribution is -0.149. The number of nitrogens with one attached hydrogen (secondary N) is 1. The first-order chi connectivity index (χ1) is 15.5. The van der Waals surface area contributed by atoms with Crippen LogP contribution in [-0.2, 0) is 29.1 Å². The average Bonchev–Trinajstić information content (AvgIpc) is 2.77. The largest absolute Gasteiger partial charge is 0.508 e. The van der Waals surface area contributed by atoms with Crippen LogP contribution in [0.4, 0.5) is 0 Å². The molecule has 0 amide bonds. The van der Waals surface area contributed by atoms with Crippen molar-refractivity contribution in [1.29, 1.82) is 5.41 Å². The summed E-state index contributed by atoms with van der Waals surface area (Å²) in [5, 5.41) is 17.5. The third-order valence-corrected chi connectivity index (χ3v) is 7.07. The molecule has 1 aliphatic rings. The van der Waals surface area contributed by atoms with Gasteiger partial charge in [-0.15, -0.1) is 0 Å². The maximum Gasteiger partial charge on any atom is 0.338 e. The van der Waals surface area contributed by atoms with E-state index in [0.29, 0.717) is 0 Å². The van der Waals surface area contributed by atoms with Gasteiger partial charge in [-0.05, 0) is 57.9 Å². The van der Waals surface area contributed by atoms with Gasteiger partial charge in [0, 0.05) is 18.8 Å². The molecule has 1 heterocycles. The number of aliphatic hydroxyl groups excluding tert-OH is 1. The fourth-order valence-corrected chi connectivity index (χ4v) is 4.94. The number of Topliss-reactive ketones (excluding diaryl/α,β-unsaturated/α-hetero) is 1. The number of ether oxygens (including phenoxy) is 2. The predicted octanol–water partition coefficient (Wildman–Crippen LogP) is 2.25. The second-order valence-electron chi connectivity index (χ2n) is 7.53. The summed E-state index contributed by atoms with van der Waals surface area (Å²) in [5.41, 5.74) is -0.0803. The molecule has 0 spiro atoms. The van der Waals surface area contributed by atoms with E-state index < -0.39 is 46.0 Å². The van der Waals surface area contributed by atoms with Gasteiger partial charge >= 0.3 is 11.9 Å². The number of carbonyl (C=O) groups excluding carboxylic acids is 3. The summed E-state index contributed by atoms with van der Waals surface area (Å²) >= 11 is 0. The van der Waals surface area contributed by atoms with Crippen LogP contribution in [0, 0.1) is 11.3 Å². The Kier molecular flexibility index (Phi) is 8.89. The second kappa shape index (κ2) is 11.2. The predicted molar refractivity (Wildman–Crippen MR) is 119 cm³/mol. The summed E-state index contributed by atoms with van der Waals surface area (Å²) < 4.78 is 37.0. The molecule has 1 aliphatic heterocycles. The fourth-order valence-electron chi connectivity index (χ4n) is 3.47. The minimum Gasteiger partial charge on any atom is -0.508 e. The molecule has 1 aromatic carbocycles. The van der Waals surface area contributed by atoms with Gasteiger partial charge in [-0.1, -0.05) is 0 Å². The summed E-state index contributed by atoms with van der Waals surface area (Å²) in [6.45, 7) is 4.10. The minimum atomic E-state index is -3.80. The van der Waals surface area contributed by atoms with Gasteiger partial charge in [-0.2, -0.15) is 4.31 Å². The van der Waals surface area contributed by atoms with E-state index in [-0.39, 0.29) is 54.3 Å². The molecule has 0 saturated carbocycles. The van der Waals surface area contributed by atoms with E-state index in [4.69, 9.17) is 14.9 Å². The molecule has 0 bridgehead atoms. The third-order valence-electron chi connectivity index (χ3n) is 5.16. The number of nitrogens with zero attached hydrogens (tertiary/aromatic N) is 1. The molecule has 10 nitrogen and oxygen atoms in total. The SMILES string of the molecule is CCOC(=O)c1ccc(S(=O)(=O)N2CCC(C(=O)OC/C(O)=C(\C(C)=N)C(C)=O)CC2)cc1. The molecule has 0 radical (unpaired) electrons. The van der Waals surface area contributed by atoms with Gasteiger partial charge in [-0.25, -0.2) is 13.2 Å². The van der Waals surface area contributed by atoms with Gasteiger partial charge in [0.2, 0.25) is 10.0 Å². The fraction of sp³-hybridized carbons (Fsp3) is 0.455. The van der Waals surface area contributed by atoms with Crippen molar-refractivity contribution < 1.29 is 37.4 Å². The van der Waals surface area contributed by atoms with E-state index >= 15 is 0 Å². The number of hydrogen-bond acceptors (Lipinski definition) is 9. The van der Waals surface area contributed by atoms with Crippen molar-refractivity contribution >= 4 is 33.5 Å². The highest BCUT2D eigenvalue weighted by atomic mass is 32.2. The Hall–Kier alpha value is -3.05. The molecule has 180 valence electrons. The molecule has 2 rings (SSSR count). The van der Waals surface area contributed by atoms with Crippen LogP contribution in [0.3, 0.4) is 0 Å².